The van der Waals surface area contributed by atoms with Gasteiger partial charge in [0.25, 0.3) is 0 Å². The molecule has 0 saturated carbocycles. The maximum atomic E-state index is 12.2. The maximum Gasteiger partial charge on any atom is 0.239 e. The number of amides is 2. The second-order valence-corrected chi connectivity index (χ2v) is 4.51. The number of hydrogen-bond acceptors (Lipinski definition) is 3. The zero-order chi connectivity index (χ0) is 11.4. The fourth-order valence-electron chi connectivity index (χ4n) is 2.31. The summed E-state index contributed by atoms with van der Waals surface area (Å²) in [4.78, 5) is 25.2. The Kier molecular flexibility index (Phi) is 3.77. The highest BCUT2D eigenvalue weighted by Gasteiger charge is 2.27. The molecule has 2 aliphatic heterocycles. The molecule has 5 heteroatoms. The fourth-order valence-corrected chi connectivity index (χ4v) is 2.31. The molecule has 0 aromatic rings. The Bertz CT molecular complexity index is 274. The van der Waals surface area contributed by atoms with Crippen molar-refractivity contribution < 1.29 is 9.59 Å². The first kappa shape index (κ1) is 11.4. The minimum atomic E-state index is -0.0328. The molecule has 0 radical (unpaired) electrons. The average Bonchev–Trinajstić information content (AvgIpc) is 2.54. The third kappa shape index (κ3) is 2.72. The fraction of sp³-hybridized carbons (Fsp3) is 0.818. The largest absolute Gasteiger partial charge is 0.354 e. The molecule has 2 amide bonds. The summed E-state index contributed by atoms with van der Waals surface area (Å²) in [6.07, 6.45) is 2.86. The van der Waals surface area contributed by atoms with Crippen molar-refractivity contribution >= 4 is 11.8 Å². The lowest BCUT2D eigenvalue weighted by Gasteiger charge is -2.28. The number of nitrogens with one attached hydrogen (secondary N) is 2. The van der Waals surface area contributed by atoms with Crippen LogP contribution in [0.5, 0.6) is 0 Å². The third-order valence-electron chi connectivity index (χ3n) is 3.22. The molecule has 5 nitrogen and oxygen atoms in total. The van der Waals surface area contributed by atoms with Crippen molar-refractivity contribution in [3.05, 3.63) is 0 Å². The molecule has 0 bridgehead atoms. The van der Waals surface area contributed by atoms with Gasteiger partial charge in [-0.2, -0.15) is 0 Å². The standard InChI is InChI=1S/C11H19N3O2/c15-10-8-14(6-2-5-13-10)11(16)9-3-1-4-12-7-9/h9,12H,1-8H2,(H,13,15). The summed E-state index contributed by atoms with van der Waals surface area (Å²) in [6, 6.07) is 0. The molecule has 2 saturated heterocycles. The molecule has 2 heterocycles. The molecule has 2 aliphatic rings. The van der Waals surface area contributed by atoms with Crippen molar-refractivity contribution in [3.8, 4) is 0 Å². The minimum absolute atomic E-state index is 0.0328. The summed E-state index contributed by atoms with van der Waals surface area (Å²) >= 11 is 0. The Hall–Kier alpha value is -1.10. The number of carbonyl (C=O) groups is 2. The predicted octanol–water partition coefficient (Wildman–Crippen LogP) is -0.665. The van der Waals surface area contributed by atoms with E-state index in [1.807, 2.05) is 0 Å². The first-order valence-corrected chi connectivity index (χ1v) is 6.03. The molecular formula is C11H19N3O2. The van der Waals surface area contributed by atoms with Crippen molar-refractivity contribution in [2.75, 3.05) is 32.7 Å². The first-order valence-electron chi connectivity index (χ1n) is 6.03. The smallest absolute Gasteiger partial charge is 0.239 e. The molecule has 16 heavy (non-hydrogen) atoms. The number of hydrogen-bond donors (Lipinski definition) is 2. The van der Waals surface area contributed by atoms with Crippen LogP contribution in [0, 0.1) is 5.92 Å². The molecule has 0 aromatic carbocycles. The van der Waals surface area contributed by atoms with Crippen molar-refractivity contribution in [2.45, 2.75) is 19.3 Å². The van der Waals surface area contributed by atoms with Crippen LogP contribution in [0.1, 0.15) is 19.3 Å². The zero-order valence-electron chi connectivity index (χ0n) is 9.50. The normalized spacial score (nSPS) is 27.1. The highest BCUT2D eigenvalue weighted by molar-refractivity contribution is 5.86. The van der Waals surface area contributed by atoms with Crippen LogP contribution in [0.25, 0.3) is 0 Å². The lowest BCUT2D eigenvalue weighted by atomic mass is 9.98. The molecule has 2 fully saturated rings. The van der Waals surface area contributed by atoms with E-state index in [4.69, 9.17) is 0 Å². The van der Waals surface area contributed by atoms with Gasteiger partial charge in [-0.05, 0) is 25.8 Å². The summed E-state index contributed by atoms with van der Waals surface area (Å²) in [6.45, 7) is 3.39. The van der Waals surface area contributed by atoms with Crippen LogP contribution in [-0.2, 0) is 9.59 Å². The molecule has 2 rings (SSSR count). The topological polar surface area (TPSA) is 61.4 Å². The van der Waals surface area contributed by atoms with Gasteiger partial charge in [0, 0.05) is 19.6 Å². The minimum Gasteiger partial charge on any atom is -0.354 e. The lowest BCUT2D eigenvalue weighted by Crippen LogP contribution is -2.45. The average molecular weight is 225 g/mol. The van der Waals surface area contributed by atoms with Crippen LogP contribution >= 0.6 is 0 Å². The quantitative estimate of drug-likeness (QED) is 0.622. The van der Waals surface area contributed by atoms with Crippen molar-refractivity contribution in [2.24, 2.45) is 5.92 Å². The van der Waals surface area contributed by atoms with Gasteiger partial charge in [0.2, 0.25) is 11.8 Å². The lowest BCUT2D eigenvalue weighted by molar-refractivity contribution is -0.139. The van der Waals surface area contributed by atoms with E-state index in [2.05, 4.69) is 10.6 Å². The van der Waals surface area contributed by atoms with Gasteiger partial charge in [-0.15, -0.1) is 0 Å². The first-order chi connectivity index (χ1) is 7.77. The second kappa shape index (κ2) is 5.30. The molecule has 2 N–H and O–H groups in total. The zero-order valence-corrected chi connectivity index (χ0v) is 9.50. The van der Waals surface area contributed by atoms with Crippen molar-refractivity contribution in [1.29, 1.82) is 0 Å². The summed E-state index contributed by atoms with van der Waals surface area (Å²) in [5.41, 5.74) is 0. The van der Waals surface area contributed by atoms with Gasteiger partial charge in [-0.25, -0.2) is 0 Å². The highest BCUT2D eigenvalue weighted by atomic mass is 16.2. The number of carbonyl (C=O) groups excluding carboxylic acids is 2. The summed E-state index contributed by atoms with van der Waals surface area (Å²) in [5.74, 6) is 0.179. The number of piperidine rings is 1. The van der Waals surface area contributed by atoms with Gasteiger partial charge in [-0.3, -0.25) is 9.59 Å². The third-order valence-corrected chi connectivity index (χ3v) is 3.22. The molecule has 1 unspecified atom stereocenters. The Morgan fingerprint density at radius 2 is 2.19 bits per heavy atom. The second-order valence-electron chi connectivity index (χ2n) is 4.51. The van der Waals surface area contributed by atoms with E-state index in [0.29, 0.717) is 13.1 Å². The van der Waals surface area contributed by atoms with Gasteiger partial charge in [0.05, 0.1) is 12.5 Å². The van der Waals surface area contributed by atoms with Crippen LogP contribution in [0.2, 0.25) is 0 Å². The van der Waals surface area contributed by atoms with Crippen LogP contribution in [0.15, 0.2) is 0 Å². The van der Waals surface area contributed by atoms with E-state index < -0.39 is 0 Å². The van der Waals surface area contributed by atoms with Crippen molar-refractivity contribution in [1.82, 2.24) is 15.5 Å². The highest BCUT2D eigenvalue weighted by Crippen LogP contribution is 2.14. The van der Waals surface area contributed by atoms with E-state index in [-0.39, 0.29) is 24.3 Å². The van der Waals surface area contributed by atoms with E-state index >= 15 is 0 Å². The Balaban J connectivity index is 1.93. The Morgan fingerprint density at radius 1 is 1.31 bits per heavy atom. The van der Waals surface area contributed by atoms with Crippen LogP contribution in [-0.4, -0.2) is 49.4 Å². The van der Waals surface area contributed by atoms with Gasteiger partial charge >= 0.3 is 0 Å². The number of rotatable bonds is 1. The molecule has 1 atom stereocenters. The van der Waals surface area contributed by atoms with Gasteiger partial charge in [0.15, 0.2) is 0 Å². The van der Waals surface area contributed by atoms with Gasteiger partial charge < -0.3 is 15.5 Å². The number of nitrogens with zero attached hydrogens (tertiary/aromatic N) is 1. The Morgan fingerprint density at radius 3 is 2.94 bits per heavy atom. The predicted molar refractivity (Wildman–Crippen MR) is 59.8 cm³/mol. The molecule has 0 aliphatic carbocycles. The molecular weight excluding hydrogens is 206 g/mol. The summed E-state index contributed by atoms with van der Waals surface area (Å²) in [5, 5.41) is 6.02. The van der Waals surface area contributed by atoms with Crippen LogP contribution in [0.4, 0.5) is 0 Å². The molecule has 90 valence electrons. The van der Waals surface area contributed by atoms with Crippen molar-refractivity contribution in [3.63, 3.8) is 0 Å². The van der Waals surface area contributed by atoms with E-state index in [1.54, 1.807) is 4.90 Å². The van der Waals surface area contributed by atoms with E-state index in [0.717, 1.165) is 32.4 Å². The van der Waals surface area contributed by atoms with Gasteiger partial charge in [0.1, 0.15) is 0 Å². The van der Waals surface area contributed by atoms with E-state index in [9.17, 15) is 9.59 Å². The summed E-state index contributed by atoms with van der Waals surface area (Å²) < 4.78 is 0. The SMILES string of the molecule is O=C1CN(C(=O)C2CCCNC2)CCCN1. The summed E-state index contributed by atoms with van der Waals surface area (Å²) in [7, 11) is 0. The molecule has 0 spiro atoms. The maximum absolute atomic E-state index is 12.2. The van der Waals surface area contributed by atoms with Crippen LogP contribution in [0.3, 0.4) is 0 Å². The Labute approximate surface area is 95.6 Å². The van der Waals surface area contributed by atoms with Crippen LogP contribution < -0.4 is 10.6 Å². The monoisotopic (exact) mass is 225 g/mol. The van der Waals surface area contributed by atoms with Gasteiger partial charge in [-0.1, -0.05) is 0 Å². The van der Waals surface area contributed by atoms with E-state index in [1.165, 1.54) is 0 Å². The molecule has 0 aromatic heterocycles.